The van der Waals surface area contributed by atoms with Crippen LogP contribution in [-0.2, 0) is 13.1 Å². The molecule has 4 rings (SSSR count). The van der Waals surface area contributed by atoms with Crippen molar-refractivity contribution in [2.75, 3.05) is 26.2 Å². The lowest BCUT2D eigenvalue weighted by atomic mass is 10.1. The minimum absolute atomic E-state index is 0.103. The lowest BCUT2D eigenvalue weighted by Gasteiger charge is -2.34. The van der Waals surface area contributed by atoms with E-state index in [1.807, 2.05) is 39.8 Å². The number of urea groups is 1. The van der Waals surface area contributed by atoms with Gasteiger partial charge in [0.15, 0.2) is 0 Å². The van der Waals surface area contributed by atoms with Crippen molar-refractivity contribution < 1.29 is 9.18 Å². The minimum Gasteiger partial charge on any atom is -0.334 e. The molecule has 0 radical (unpaired) electrons. The highest BCUT2D eigenvalue weighted by molar-refractivity contribution is 5.74. The van der Waals surface area contributed by atoms with E-state index in [1.54, 1.807) is 13.0 Å². The number of hydrogen-bond donors (Lipinski definition) is 1. The summed E-state index contributed by atoms with van der Waals surface area (Å²) in [7, 11) is 0. The first-order valence-corrected chi connectivity index (χ1v) is 9.51. The number of benzene rings is 1. The number of aryl methyl sites for hydroxylation is 1. The zero-order valence-corrected chi connectivity index (χ0v) is 15.9. The molecule has 1 aliphatic heterocycles. The van der Waals surface area contributed by atoms with Crippen LogP contribution in [0, 0.1) is 12.7 Å². The number of carbonyl (C=O) groups is 1. The molecule has 6 nitrogen and oxygen atoms in total. The van der Waals surface area contributed by atoms with Crippen molar-refractivity contribution >= 4 is 11.7 Å². The number of halogens is 1. The quantitative estimate of drug-likeness (QED) is 0.756. The molecule has 0 aliphatic carbocycles. The molecular formula is C21H24FN5O. The van der Waals surface area contributed by atoms with E-state index >= 15 is 0 Å². The Kier molecular flexibility index (Phi) is 5.25. The van der Waals surface area contributed by atoms with Crippen molar-refractivity contribution in [2.24, 2.45) is 0 Å². The molecule has 146 valence electrons. The molecular weight excluding hydrogens is 357 g/mol. The maximum absolute atomic E-state index is 13.6. The Labute approximate surface area is 163 Å². The number of hydrogen-bond acceptors (Lipinski definition) is 3. The van der Waals surface area contributed by atoms with Gasteiger partial charge in [0.2, 0.25) is 0 Å². The number of piperazine rings is 1. The zero-order chi connectivity index (χ0) is 19.5. The van der Waals surface area contributed by atoms with Gasteiger partial charge in [-0.1, -0.05) is 18.2 Å². The first-order chi connectivity index (χ1) is 13.6. The topological polar surface area (TPSA) is 52.9 Å². The van der Waals surface area contributed by atoms with Gasteiger partial charge >= 0.3 is 6.03 Å². The largest absolute Gasteiger partial charge is 0.334 e. The molecule has 2 aromatic heterocycles. The van der Waals surface area contributed by atoms with E-state index in [0.717, 1.165) is 36.5 Å². The van der Waals surface area contributed by atoms with Crippen LogP contribution in [-0.4, -0.2) is 51.4 Å². The summed E-state index contributed by atoms with van der Waals surface area (Å²) in [6.07, 6.45) is 4.04. The van der Waals surface area contributed by atoms with Crippen LogP contribution in [0.1, 0.15) is 16.8 Å². The van der Waals surface area contributed by atoms with Gasteiger partial charge in [-0.25, -0.2) is 14.2 Å². The van der Waals surface area contributed by atoms with Crippen molar-refractivity contribution in [1.82, 2.24) is 24.5 Å². The van der Waals surface area contributed by atoms with Gasteiger partial charge in [0.25, 0.3) is 0 Å². The lowest BCUT2D eigenvalue weighted by molar-refractivity contribution is 0.134. The van der Waals surface area contributed by atoms with Crippen LogP contribution in [0.15, 0.2) is 48.8 Å². The third kappa shape index (κ3) is 4.14. The molecule has 3 heterocycles. The second-order valence-corrected chi connectivity index (χ2v) is 7.20. The first-order valence-electron chi connectivity index (χ1n) is 9.51. The second kappa shape index (κ2) is 7.98. The third-order valence-electron chi connectivity index (χ3n) is 5.14. The second-order valence-electron chi connectivity index (χ2n) is 7.20. The van der Waals surface area contributed by atoms with E-state index in [-0.39, 0.29) is 11.8 Å². The average molecular weight is 381 g/mol. The monoisotopic (exact) mass is 381 g/mol. The molecule has 7 heteroatoms. The predicted octanol–water partition coefficient (Wildman–Crippen LogP) is 2.81. The van der Waals surface area contributed by atoms with Gasteiger partial charge in [0.1, 0.15) is 11.5 Å². The highest BCUT2D eigenvalue weighted by Crippen LogP contribution is 2.11. The van der Waals surface area contributed by atoms with E-state index in [9.17, 15) is 9.18 Å². The Balaban J connectivity index is 1.26. The van der Waals surface area contributed by atoms with Crippen LogP contribution >= 0.6 is 0 Å². The van der Waals surface area contributed by atoms with Gasteiger partial charge in [-0.05, 0) is 36.2 Å². The molecule has 0 spiro atoms. The average Bonchev–Trinajstić information content (AvgIpc) is 3.11. The van der Waals surface area contributed by atoms with Crippen LogP contribution in [0.5, 0.6) is 0 Å². The number of rotatable bonds is 4. The summed E-state index contributed by atoms with van der Waals surface area (Å²) in [5, 5.41) is 2.88. The smallest absolute Gasteiger partial charge is 0.317 e. The van der Waals surface area contributed by atoms with Crippen LogP contribution in [0.3, 0.4) is 0 Å². The van der Waals surface area contributed by atoms with Crippen LogP contribution in [0.2, 0.25) is 0 Å². The maximum atomic E-state index is 13.6. The summed E-state index contributed by atoms with van der Waals surface area (Å²) in [6, 6.07) is 10.9. The first kappa shape index (κ1) is 18.4. The van der Waals surface area contributed by atoms with Gasteiger partial charge in [0.05, 0.1) is 5.69 Å². The Morgan fingerprint density at radius 2 is 2.00 bits per heavy atom. The van der Waals surface area contributed by atoms with E-state index in [1.165, 1.54) is 6.07 Å². The molecule has 1 saturated heterocycles. The van der Waals surface area contributed by atoms with Crippen molar-refractivity contribution in [3.05, 3.63) is 71.4 Å². The molecule has 1 aliphatic rings. The number of nitrogens with one attached hydrogen (secondary N) is 1. The Morgan fingerprint density at radius 1 is 1.18 bits per heavy atom. The SMILES string of the molecule is Cc1ccc(CNC(=O)N2CCN(Cc3cn4ccccc4n3)CC2)cc1F. The van der Waals surface area contributed by atoms with Crippen LogP contribution in [0.4, 0.5) is 9.18 Å². The van der Waals surface area contributed by atoms with E-state index in [2.05, 4.69) is 21.4 Å². The fraction of sp³-hybridized carbons (Fsp3) is 0.333. The summed E-state index contributed by atoms with van der Waals surface area (Å²) in [5.41, 5.74) is 3.35. The van der Waals surface area contributed by atoms with Crippen molar-refractivity contribution in [1.29, 1.82) is 0 Å². The summed E-state index contributed by atoms with van der Waals surface area (Å²) < 4.78 is 15.6. The van der Waals surface area contributed by atoms with Gasteiger partial charge in [-0.3, -0.25) is 4.90 Å². The predicted molar refractivity (Wildman–Crippen MR) is 105 cm³/mol. The standard InChI is InChI=1S/C21H24FN5O/c1-16-5-6-17(12-19(16)22)13-23-21(28)26-10-8-25(9-11-26)14-18-15-27-7-3-2-4-20(27)24-18/h2-7,12,15H,8-11,13-14H2,1H3,(H,23,28). The number of nitrogens with zero attached hydrogens (tertiary/aromatic N) is 4. The molecule has 1 aromatic carbocycles. The van der Waals surface area contributed by atoms with Crippen LogP contribution in [0.25, 0.3) is 5.65 Å². The Hall–Kier alpha value is -2.93. The van der Waals surface area contributed by atoms with Crippen molar-refractivity contribution in [3.63, 3.8) is 0 Å². The lowest BCUT2D eigenvalue weighted by Crippen LogP contribution is -2.51. The van der Waals surface area contributed by atoms with Crippen molar-refractivity contribution in [2.45, 2.75) is 20.0 Å². The van der Waals surface area contributed by atoms with E-state index in [4.69, 9.17) is 0 Å². The highest BCUT2D eigenvalue weighted by Gasteiger charge is 2.21. The number of amides is 2. The van der Waals surface area contributed by atoms with Gasteiger partial charge in [-0.2, -0.15) is 0 Å². The number of imidazole rings is 1. The minimum atomic E-state index is -0.243. The zero-order valence-electron chi connectivity index (χ0n) is 15.9. The molecule has 3 aromatic rings. The summed E-state index contributed by atoms with van der Waals surface area (Å²) in [4.78, 5) is 21.1. The normalized spacial score (nSPS) is 15.1. The van der Waals surface area contributed by atoms with E-state index < -0.39 is 0 Å². The van der Waals surface area contributed by atoms with Gasteiger partial charge in [-0.15, -0.1) is 0 Å². The number of aromatic nitrogens is 2. The number of carbonyl (C=O) groups excluding carboxylic acids is 1. The maximum Gasteiger partial charge on any atom is 0.317 e. The molecule has 1 fully saturated rings. The van der Waals surface area contributed by atoms with E-state index in [0.29, 0.717) is 25.2 Å². The highest BCUT2D eigenvalue weighted by atomic mass is 19.1. The van der Waals surface area contributed by atoms with Crippen LogP contribution < -0.4 is 5.32 Å². The van der Waals surface area contributed by atoms with Crippen molar-refractivity contribution in [3.8, 4) is 0 Å². The Morgan fingerprint density at radius 3 is 2.75 bits per heavy atom. The Bertz CT molecular complexity index is 945. The third-order valence-corrected chi connectivity index (χ3v) is 5.14. The van der Waals surface area contributed by atoms with Gasteiger partial charge < -0.3 is 14.6 Å². The molecule has 2 amide bonds. The summed E-state index contributed by atoms with van der Waals surface area (Å²) in [6.45, 7) is 5.78. The molecule has 0 saturated carbocycles. The fourth-order valence-electron chi connectivity index (χ4n) is 3.44. The molecule has 0 bridgehead atoms. The number of pyridine rings is 1. The molecule has 28 heavy (non-hydrogen) atoms. The fourth-order valence-corrected chi connectivity index (χ4v) is 3.44. The molecule has 1 N–H and O–H groups in total. The van der Waals surface area contributed by atoms with Gasteiger partial charge in [0, 0.05) is 51.7 Å². The molecule has 0 atom stereocenters. The summed E-state index contributed by atoms with van der Waals surface area (Å²) >= 11 is 0. The molecule has 0 unspecified atom stereocenters. The number of fused-ring (bicyclic) bond motifs is 1. The summed E-state index contributed by atoms with van der Waals surface area (Å²) in [5.74, 6) is -0.243.